The molecule has 0 saturated carbocycles. The second-order valence-corrected chi connectivity index (χ2v) is 3.71. The highest BCUT2D eigenvalue weighted by Crippen LogP contribution is 2.22. The van der Waals surface area contributed by atoms with Gasteiger partial charge in [-0.3, -0.25) is 15.4 Å². The lowest BCUT2D eigenvalue weighted by atomic mass is 10.3. The van der Waals surface area contributed by atoms with E-state index in [4.69, 9.17) is 6.42 Å². The van der Waals surface area contributed by atoms with Gasteiger partial charge >= 0.3 is 5.00 Å². The molecule has 0 aliphatic carbocycles. The number of terminal acetylenes is 1. The minimum atomic E-state index is -0.390. The van der Waals surface area contributed by atoms with E-state index in [0.717, 1.165) is 16.9 Å². The molecule has 1 heterocycles. The van der Waals surface area contributed by atoms with Crippen molar-refractivity contribution in [3.63, 3.8) is 0 Å². The van der Waals surface area contributed by atoms with Gasteiger partial charge in [0.2, 0.25) is 0 Å². The highest BCUT2D eigenvalue weighted by molar-refractivity contribution is 7.13. The molecule has 0 saturated heterocycles. The standard InChI is InChI=1S/C9H10N2O2S/c1-3-7(2)10-5-8-4-9(11(12)13)14-6-8/h1,4,6-7,10H,5H2,2H3. The number of nitrogens with zero attached hydrogens (tertiary/aromatic N) is 1. The third kappa shape index (κ3) is 2.83. The van der Waals surface area contributed by atoms with E-state index in [0.29, 0.717) is 6.54 Å². The molecule has 0 amide bonds. The number of thiophene rings is 1. The van der Waals surface area contributed by atoms with Crippen molar-refractivity contribution in [1.82, 2.24) is 5.32 Å². The first-order chi connectivity index (χ1) is 6.63. The van der Waals surface area contributed by atoms with E-state index in [1.54, 1.807) is 11.4 Å². The zero-order chi connectivity index (χ0) is 10.6. The summed E-state index contributed by atoms with van der Waals surface area (Å²) >= 11 is 1.13. The van der Waals surface area contributed by atoms with Gasteiger partial charge in [-0.15, -0.1) is 6.42 Å². The number of nitro groups is 1. The number of nitrogens with one attached hydrogen (secondary N) is 1. The summed E-state index contributed by atoms with van der Waals surface area (Å²) in [6, 6.07) is 1.54. The lowest BCUT2D eigenvalue weighted by Gasteiger charge is -2.04. The summed E-state index contributed by atoms with van der Waals surface area (Å²) < 4.78 is 0. The van der Waals surface area contributed by atoms with Gasteiger partial charge in [-0.25, -0.2) is 0 Å². The fourth-order valence-electron chi connectivity index (χ4n) is 0.881. The highest BCUT2D eigenvalue weighted by atomic mass is 32.1. The molecule has 5 heteroatoms. The van der Waals surface area contributed by atoms with Crippen LogP contribution in [0.2, 0.25) is 0 Å². The Bertz CT molecular complexity index is 367. The van der Waals surface area contributed by atoms with Gasteiger partial charge in [-0.2, -0.15) is 0 Å². The number of hydrogen-bond acceptors (Lipinski definition) is 4. The molecule has 0 aliphatic heterocycles. The largest absolute Gasteiger partial charge is 0.324 e. The molecule has 4 nitrogen and oxygen atoms in total. The highest BCUT2D eigenvalue weighted by Gasteiger charge is 2.09. The lowest BCUT2D eigenvalue weighted by Crippen LogP contribution is -2.23. The average molecular weight is 210 g/mol. The summed E-state index contributed by atoms with van der Waals surface area (Å²) in [6.07, 6.45) is 5.17. The zero-order valence-corrected chi connectivity index (χ0v) is 8.50. The van der Waals surface area contributed by atoms with Crippen LogP contribution < -0.4 is 5.32 Å². The monoisotopic (exact) mass is 210 g/mol. The van der Waals surface area contributed by atoms with Gasteiger partial charge in [-0.1, -0.05) is 17.3 Å². The fourth-order valence-corrected chi connectivity index (χ4v) is 1.61. The maximum Gasteiger partial charge on any atom is 0.324 e. The van der Waals surface area contributed by atoms with Crippen LogP contribution in [0.25, 0.3) is 0 Å². The Labute approximate surface area is 86.1 Å². The fraction of sp³-hybridized carbons (Fsp3) is 0.333. The Kier molecular flexibility index (Phi) is 3.63. The summed E-state index contributed by atoms with van der Waals surface area (Å²) in [5.74, 6) is 2.52. The first kappa shape index (κ1) is 10.7. The van der Waals surface area contributed by atoms with Crippen molar-refractivity contribution in [3.8, 4) is 12.3 Å². The van der Waals surface area contributed by atoms with Crippen molar-refractivity contribution in [3.05, 3.63) is 27.1 Å². The van der Waals surface area contributed by atoms with E-state index >= 15 is 0 Å². The third-order valence-corrected chi connectivity index (χ3v) is 2.61. The summed E-state index contributed by atoms with van der Waals surface area (Å²) in [4.78, 5) is 9.98. The predicted octanol–water partition coefficient (Wildman–Crippen LogP) is 1.77. The molecule has 0 aromatic carbocycles. The Hall–Kier alpha value is -1.38. The molecular formula is C9H10N2O2S. The molecule has 1 atom stereocenters. The van der Waals surface area contributed by atoms with Crippen LogP contribution in [0.4, 0.5) is 5.00 Å². The van der Waals surface area contributed by atoms with Crippen molar-refractivity contribution in [2.75, 3.05) is 0 Å². The predicted molar refractivity (Wildman–Crippen MR) is 56.1 cm³/mol. The quantitative estimate of drug-likeness (QED) is 0.468. The molecular weight excluding hydrogens is 200 g/mol. The Morgan fingerprint density at radius 2 is 2.57 bits per heavy atom. The second kappa shape index (κ2) is 4.74. The van der Waals surface area contributed by atoms with Crippen molar-refractivity contribution in [2.45, 2.75) is 19.5 Å². The molecule has 0 fully saturated rings. The molecule has 1 aromatic heterocycles. The Morgan fingerprint density at radius 3 is 3.07 bits per heavy atom. The maximum atomic E-state index is 10.4. The van der Waals surface area contributed by atoms with E-state index in [1.165, 1.54) is 0 Å². The lowest BCUT2D eigenvalue weighted by molar-refractivity contribution is -0.380. The van der Waals surface area contributed by atoms with Crippen molar-refractivity contribution in [1.29, 1.82) is 0 Å². The van der Waals surface area contributed by atoms with E-state index < -0.39 is 4.92 Å². The molecule has 1 unspecified atom stereocenters. The van der Waals surface area contributed by atoms with Gasteiger partial charge in [0.15, 0.2) is 0 Å². The first-order valence-electron chi connectivity index (χ1n) is 4.05. The van der Waals surface area contributed by atoms with Crippen LogP contribution in [0.1, 0.15) is 12.5 Å². The van der Waals surface area contributed by atoms with Gasteiger partial charge in [-0.05, 0) is 12.5 Å². The van der Waals surface area contributed by atoms with Crippen LogP contribution in [0.5, 0.6) is 0 Å². The van der Waals surface area contributed by atoms with Crippen LogP contribution in [0, 0.1) is 22.5 Å². The second-order valence-electron chi connectivity index (χ2n) is 2.82. The summed E-state index contributed by atoms with van der Waals surface area (Å²) in [6.45, 7) is 2.43. The molecule has 0 aliphatic rings. The number of rotatable bonds is 4. The Morgan fingerprint density at radius 1 is 1.86 bits per heavy atom. The van der Waals surface area contributed by atoms with Crippen LogP contribution in [0.15, 0.2) is 11.4 Å². The molecule has 74 valence electrons. The summed E-state index contributed by atoms with van der Waals surface area (Å²) in [7, 11) is 0. The van der Waals surface area contributed by atoms with Crippen LogP contribution in [0.3, 0.4) is 0 Å². The van der Waals surface area contributed by atoms with Crippen LogP contribution >= 0.6 is 11.3 Å². The van der Waals surface area contributed by atoms with E-state index in [1.807, 2.05) is 6.92 Å². The molecule has 1 N–H and O–H groups in total. The minimum absolute atomic E-state index is 0.0195. The van der Waals surface area contributed by atoms with E-state index in [2.05, 4.69) is 11.2 Å². The Balaban J connectivity index is 2.53. The maximum absolute atomic E-state index is 10.4. The zero-order valence-electron chi connectivity index (χ0n) is 7.69. The van der Waals surface area contributed by atoms with Crippen molar-refractivity contribution in [2.24, 2.45) is 0 Å². The summed E-state index contributed by atoms with van der Waals surface area (Å²) in [5, 5.41) is 15.3. The van der Waals surface area contributed by atoms with Gasteiger partial charge in [0, 0.05) is 18.0 Å². The minimum Gasteiger partial charge on any atom is -0.300 e. The van der Waals surface area contributed by atoms with Crippen LogP contribution in [-0.2, 0) is 6.54 Å². The normalized spacial score (nSPS) is 12.0. The first-order valence-corrected chi connectivity index (χ1v) is 4.92. The summed E-state index contributed by atoms with van der Waals surface area (Å²) in [5.41, 5.74) is 0.892. The third-order valence-electron chi connectivity index (χ3n) is 1.68. The van der Waals surface area contributed by atoms with Gasteiger partial charge in [0.25, 0.3) is 0 Å². The molecule has 1 aromatic rings. The van der Waals surface area contributed by atoms with E-state index in [-0.39, 0.29) is 11.0 Å². The van der Waals surface area contributed by atoms with Crippen molar-refractivity contribution < 1.29 is 4.92 Å². The van der Waals surface area contributed by atoms with E-state index in [9.17, 15) is 10.1 Å². The average Bonchev–Trinajstić information content (AvgIpc) is 2.62. The molecule has 14 heavy (non-hydrogen) atoms. The van der Waals surface area contributed by atoms with Crippen molar-refractivity contribution >= 4 is 16.3 Å². The smallest absolute Gasteiger partial charge is 0.300 e. The topological polar surface area (TPSA) is 55.2 Å². The number of hydrogen-bond donors (Lipinski definition) is 1. The molecule has 0 spiro atoms. The molecule has 0 radical (unpaired) electrons. The van der Waals surface area contributed by atoms with Crippen LogP contribution in [-0.4, -0.2) is 11.0 Å². The van der Waals surface area contributed by atoms with Gasteiger partial charge in [0.1, 0.15) is 0 Å². The molecule has 1 rings (SSSR count). The SMILES string of the molecule is C#CC(C)NCc1csc([N+](=O)[O-])c1. The molecule has 0 bridgehead atoms. The van der Waals surface area contributed by atoms with Gasteiger partial charge < -0.3 is 0 Å². The van der Waals surface area contributed by atoms with Gasteiger partial charge in [0.05, 0.1) is 11.0 Å².